The smallest absolute Gasteiger partial charge is 0.266 e. The Morgan fingerprint density at radius 1 is 1.16 bits per heavy atom. The molecule has 2 aromatic carbocycles. The molecule has 0 radical (unpaired) electrons. The quantitative estimate of drug-likeness (QED) is 0.352. The monoisotopic (exact) mass is 490 g/mol. The van der Waals surface area contributed by atoms with Crippen LogP contribution in [0.2, 0.25) is 10.0 Å². The first-order valence-electron chi connectivity index (χ1n) is 9.57. The number of thioether (sulfide) groups is 1. The molecule has 0 saturated carbocycles. The normalized spacial score (nSPS) is 15.6. The second kappa shape index (κ2) is 11.0. The SMILES string of the molecule is CC(/C=C1\SC(=S)N(CCCC(=O)Nc2ccc(Cl)c(Cl)c2)C1=O)=C\c1ccccc1. The average molecular weight is 491 g/mol. The van der Waals surface area contributed by atoms with E-state index in [0.717, 1.165) is 11.1 Å². The molecule has 1 saturated heterocycles. The van der Waals surface area contributed by atoms with Gasteiger partial charge in [0.1, 0.15) is 4.32 Å². The molecule has 1 aliphatic rings. The number of rotatable bonds is 7. The molecule has 2 amide bonds. The van der Waals surface area contributed by atoms with Crippen molar-refractivity contribution in [3.63, 3.8) is 0 Å². The minimum Gasteiger partial charge on any atom is -0.326 e. The van der Waals surface area contributed by atoms with Gasteiger partial charge in [0.25, 0.3) is 5.91 Å². The van der Waals surface area contributed by atoms with E-state index >= 15 is 0 Å². The second-order valence-electron chi connectivity index (χ2n) is 6.91. The number of hydrogen-bond acceptors (Lipinski definition) is 4. The molecule has 1 N–H and O–H groups in total. The highest BCUT2D eigenvalue weighted by atomic mass is 35.5. The molecule has 3 rings (SSSR count). The summed E-state index contributed by atoms with van der Waals surface area (Å²) < 4.78 is 0.508. The number of carbonyl (C=O) groups is 2. The van der Waals surface area contributed by atoms with Gasteiger partial charge in [-0.3, -0.25) is 14.5 Å². The van der Waals surface area contributed by atoms with E-state index in [0.29, 0.717) is 37.9 Å². The minimum atomic E-state index is -0.166. The van der Waals surface area contributed by atoms with Crippen LogP contribution in [-0.2, 0) is 9.59 Å². The lowest BCUT2D eigenvalue weighted by molar-refractivity contribution is -0.122. The largest absolute Gasteiger partial charge is 0.326 e. The van der Waals surface area contributed by atoms with Gasteiger partial charge in [0, 0.05) is 18.7 Å². The van der Waals surface area contributed by atoms with Crippen molar-refractivity contribution in [2.24, 2.45) is 0 Å². The third-order valence-corrected chi connectivity index (χ3v) is 6.53. The van der Waals surface area contributed by atoms with Gasteiger partial charge >= 0.3 is 0 Å². The molecule has 1 heterocycles. The molecule has 8 heteroatoms. The summed E-state index contributed by atoms with van der Waals surface area (Å²) in [5.41, 5.74) is 2.61. The van der Waals surface area contributed by atoms with Crippen LogP contribution < -0.4 is 5.32 Å². The number of allylic oxidation sites excluding steroid dienone is 2. The number of anilines is 1. The Hall–Kier alpha value is -2.12. The van der Waals surface area contributed by atoms with Crippen LogP contribution in [0.5, 0.6) is 0 Å². The van der Waals surface area contributed by atoms with Crippen LogP contribution in [0, 0.1) is 0 Å². The number of carbonyl (C=O) groups excluding carboxylic acids is 2. The zero-order valence-corrected chi connectivity index (χ0v) is 19.9. The van der Waals surface area contributed by atoms with Gasteiger partial charge in [0.05, 0.1) is 15.0 Å². The molecule has 0 spiro atoms. The molecular weight excluding hydrogens is 471 g/mol. The number of halogens is 2. The van der Waals surface area contributed by atoms with E-state index in [9.17, 15) is 9.59 Å². The van der Waals surface area contributed by atoms with E-state index in [4.69, 9.17) is 35.4 Å². The van der Waals surface area contributed by atoms with Crippen LogP contribution in [-0.4, -0.2) is 27.6 Å². The summed E-state index contributed by atoms with van der Waals surface area (Å²) >= 11 is 18.5. The van der Waals surface area contributed by atoms with Crippen LogP contribution in [0.4, 0.5) is 5.69 Å². The Bertz CT molecular complexity index is 1070. The predicted octanol–water partition coefficient (Wildman–Crippen LogP) is 6.56. The van der Waals surface area contributed by atoms with Crippen LogP contribution in [0.25, 0.3) is 6.08 Å². The molecule has 160 valence electrons. The van der Waals surface area contributed by atoms with E-state index in [1.165, 1.54) is 11.8 Å². The van der Waals surface area contributed by atoms with E-state index in [2.05, 4.69) is 5.32 Å². The van der Waals surface area contributed by atoms with Crippen molar-refractivity contribution in [3.05, 3.63) is 80.7 Å². The fourth-order valence-corrected chi connectivity index (χ4v) is 4.60. The highest BCUT2D eigenvalue weighted by Gasteiger charge is 2.31. The van der Waals surface area contributed by atoms with Crippen molar-refractivity contribution in [2.45, 2.75) is 19.8 Å². The Kier molecular flexibility index (Phi) is 8.32. The fourth-order valence-electron chi connectivity index (χ4n) is 2.95. The zero-order valence-electron chi connectivity index (χ0n) is 16.7. The van der Waals surface area contributed by atoms with Crippen molar-refractivity contribution in [2.75, 3.05) is 11.9 Å². The van der Waals surface area contributed by atoms with Crippen molar-refractivity contribution in [1.82, 2.24) is 4.90 Å². The van der Waals surface area contributed by atoms with Crippen LogP contribution >= 0.6 is 47.2 Å². The predicted molar refractivity (Wildman–Crippen MR) is 134 cm³/mol. The molecule has 0 aliphatic carbocycles. The Morgan fingerprint density at radius 2 is 1.90 bits per heavy atom. The van der Waals surface area contributed by atoms with Gasteiger partial charge < -0.3 is 5.32 Å². The van der Waals surface area contributed by atoms with Crippen LogP contribution in [0.15, 0.2) is 65.1 Å². The fraction of sp³-hybridized carbons (Fsp3) is 0.174. The maximum atomic E-state index is 12.7. The number of nitrogens with zero attached hydrogens (tertiary/aromatic N) is 1. The summed E-state index contributed by atoms with van der Waals surface area (Å²) in [6.45, 7) is 2.34. The minimum absolute atomic E-state index is 0.124. The molecule has 2 aromatic rings. The Labute approximate surface area is 201 Å². The van der Waals surface area contributed by atoms with E-state index in [-0.39, 0.29) is 18.2 Å². The van der Waals surface area contributed by atoms with E-state index in [1.54, 1.807) is 23.1 Å². The van der Waals surface area contributed by atoms with Gasteiger partial charge in [-0.2, -0.15) is 0 Å². The number of nitrogens with one attached hydrogen (secondary N) is 1. The number of amides is 2. The molecular formula is C23H20Cl2N2O2S2. The number of thiocarbonyl (C=S) groups is 1. The van der Waals surface area contributed by atoms with Gasteiger partial charge in [-0.15, -0.1) is 0 Å². The van der Waals surface area contributed by atoms with Crippen molar-refractivity contribution < 1.29 is 9.59 Å². The van der Waals surface area contributed by atoms with Crippen molar-refractivity contribution in [3.8, 4) is 0 Å². The Balaban J connectivity index is 1.53. The van der Waals surface area contributed by atoms with Gasteiger partial charge in [0.15, 0.2) is 0 Å². The number of benzene rings is 2. The van der Waals surface area contributed by atoms with Crippen LogP contribution in [0.3, 0.4) is 0 Å². The molecule has 31 heavy (non-hydrogen) atoms. The van der Waals surface area contributed by atoms with Gasteiger partial charge in [-0.1, -0.05) is 83.6 Å². The van der Waals surface area contributed by atoms with Gasteiger partial charge in [0.2, 0.25) is 5.91 Å². The molecule has 4 nitrogen and oxygen atoms in total. The first-order chi connectivity index (χ1) is 14.8. The summed E-state index contributed by atoms with van der Waals surface area (Å²) in [7, 11) is 0. The van der Waals surface area contributed by atoms with Gasteiger partial charge in [-0.25, -0.2) is 0 Å². The van der Waals surface area contributed by atoms with E-state index < -0.39 is 0 Å². The first-order valence-corrected chi connectivity index (χ1v) is 11.5. The van der Waals surface area contributed by atoms with Crippen LogP contribution in [0.1, 0.15) is 25.3 Å². The highest BCUT2D eigenvalue weighted by molar-refractivity contribution is 8.26. The molecule has 0 aromatic heterocycles. The third-order valence-electron chi connectivity index (χ3n) is 4.42. The summed E-state index contributed by atoms with van der Waals surface area (Å²) in [5, 5.41) is 3.58. The third kappa shape index (κ3) is 6.68. The maximum Gasteiger partial charge on any atom is 0.266 e. The van der Waals surface area contributed by atoms with Gasteiger partial charge in [-0.05, 0) is 48.8 Å². The summed E-state index contributed by atoms with van der Waals surface area (Å²) in [6, 6.07) is 14.8. The van der Waals surface area contributed by atoms with Crippen molar-refractivity contribution >= 4 is 75.1 Å². The summed E-state index contributed by atoms with van der Waals surface area (Å²) in [5.74, 6) is -0.290. The molecule has 1 aliphatic heterocycles. The zero-order chi connectivity index (χ0) is 22.4. The second-order valence-corrected chi connectivity index (χ2v) is 9.40. The topological polar surface area (TPSA) is 49.4 Å². The molecule has 1 fully saturated rings. The summed E-state index contributed by atoms with van der Waals surface area (Å²) in [4.78, 5) is 27.1. The molecule has 0 bridgehead atoms. The highest BCUT2D eigenvalue weighted by Crippen LogP contribution is 2.32. The van der Waals surface area contributed by atoms with Crippen molar-refractivity contribution in [1.29, 1.82) is 0 Å². The van der Waals surface area contributed by atoms with E-state index in [1.807, 2.05) is 49.4 Å². The molecule has 0 unspecified atom stereocenters. The standard InChI is InChI=1S/C23H20Cl2N2O2S2/c1-15(12-16-6-3-2-4-7-16)13-20-22(29)27(23(30)31-20)11-5-8-21(28)26-17-9-10-18(24)19(25)14-17/h2-4,6-7,9-10,12-14H,5,8,11H2,1H3,(H,26,28)/b15-12+,20-13-. The average Bonchev–Trinajstić information content (AvgIpc) is 2.98. The lowest BCUT2D eigenvalue weighted by atomic mass is 10.1. The number of hydrogen-bond donors (Lipinski definition) is 1. The maximum absolute atomic E-state index is 12.7. The molecule has 0 atom stereocenters. The summed E-state index contributed by atoms with van der Waals surface area (Å²) in [6.07, 6.45) is 4.61. The lowest BCUT2D eigenvalue weighted by Crippen LogP contribution is -2.29. The first kappa shape index (κ1) is 23.5. The Morgan fingerprint density at radius 3 is 2.61 bits per heavy atom. The lowest BCUT2D eigenvalue weighted by Gasteiger charge is -2.14.